The number of hydrogen-bond acceptors (Lipinski definition) is 2. The van der Waals surface area contributed by atoms with Gasteiger partial charge in [-0.1, -0.05) is 27.7 Å². The zero-order chi connectivity index (χ0) is 16.4. The highest BCUT2D eigenvalue weighted by Gasteiger charge is 2.39. The second-order valence-corrected chi connectivity index (χ2v) is 14.9. The molecule has 0 amide bonds. The zero-order valence-corrected chi connectivity index (χ0v) is 16.9. The van der Waals surface area contributed by atoms with E-state index < -0.39 is 19.3 Å². The molecule has 0 unspecified atom stereocenters. The Labute approximate surface area is 130 Å². The van der Waals surface area contributed by atoms with Gasteiger partial charge in [-0.3, -0.25) is 0 Å². The first-order chi connectivity index (χ1) is 8.72. The average Bonchev–Trinajstić information content (AvgIpc) is 2.21. The number of hydrogen-bond donors (Lipinski definition) is 1. The minimum Gasteiger partial charge on any atom is -0.413 e. The van der Waals surface area contributed by atoms with Crippen molar-refractivity contribution in [1.82, 2.24) is 4.72 Å². The number of rotatable bonds is 6. The summed E-state index contributed by atoms with van der Waals surface area (Å²) in [5.41, 5.74) is 0. The quantitative estimate of drug-likeness (QED) is 0.744. The molecule has 0 aliphatic rings. The Morgan fingerprint density at radius 2 is 1.60 bits per heavy atom. The van der Waals surface area contributed by atoms with Crippen molar-refractivity contribution in [3.63, 3.8) is 0 Å². The molecule has 0 aromatic rings. The molecule has 0 saturated carbocycles. The highest BCUT2D eigenvalue weighted by molar-refractivity contribution is 7.84. The van der Waals surface area contributed by atoms with Gasteiger partial charge in [-0.15, -0.1) is 0 Å². The molecular formula is C15H35NO2SSi. The van der Waals surface area contributed by atoms with Crippen molar-refractivity contribution in [1.29, 1.82) is 0 Å². The van der Waals surface area contributed by atoms with Crippen molar-refractivity contribution in [2.24, 2.45) is 0 Å². The summed E-state index contributed by atoms with van der Waals surface area (Å²) >= 11 is 0. The van der Waals surface area contributed by atoms with E-state index in [2.05, 4.69) is 52.4 Å². The minimum atomic E-state index is -1.78. The standard InChI is InChI=1S/C15H35NO2SSi/c1-11-13(16-19(17)14(3,4)5)12(2)18-20(9,10)15(6,7)8/h12-13,16H,11H2,1-10H3/t12-,13-,19+/m0/s1. The van der Waals surface area contributed by atoms with Crippen molar-refractivity contribution < 1.29 is 8.63 Å². The van der Waals surface area contributed by atoms with Crippen LogP contribution in [0.4, 0.5) is 0 Å². The maximum Gasteiger partial charge on any atom is 0.192 e. The molecular weight excluding hydrogens is 286 g/mol. The van der Waals surface area contributed by atoms with Gasteiger partial charge in [0.15, 0.2) is 8.32 Å². The highest BCUT2D eigenvalue weighted by Crippen LogP contribution is 2.37. The maximum atomic E-state index is 12.3. The summed E-state index contributed by atoms with van der Waals surface area (Å²) in [6.45, 7) is 21.4. The fraction of sp³-hybridized carbons (Fsp3) is 1.00. The molecule has 122 valence electrons. The molecule has 1 N–H and O–H groups in total. The zero-order valence-electron chi connectivity index (χ0n) is 15.1. The fourth-order valence-corrected chi connectivity index (χ4v) is 3.98. The van der Waals surface area contributed by atoms with Gasteiger partial charge < -0.3 is 4.43 Å². The minimum absolute atomic E-state index is 0.0761. The summed E-state index contributed by atoms with van der Waals surface area (Å²) in [6.07, 6.45) is 0.990. The number of nitrogens with one attached hydrogen (secondary N) is 1. The molecule has 0 fully saturated rings. The molecule has 3 nitrogen and oxygen atoms in total. The van der Waals surface area contributed by atoms with E-state index in [0.29, 0.717) is 0 Å². The lowest BCUT2D eigenvalue weighted by atomic mass is 10.1. The lowest BCUT2D eigenvalue weighted by molar-refractivity contribution is 0.161. The van der Waals surface area contributed by atoms with E-state index in [1.807, 2.05) is 20.8 Å². The highest BCUT2D eigenvalue weighted by atomic mass is 32.2. The Bertz CT molecular complexity index is 332. The summed E-state index contributed by atoms with van der Waals surface area (Å²) in [6, 6.07) is 0.129. The molecule has 0 radical (unpaired) electrons. The normalized spacial score (nSPS) is 18.7. The Balaban J connectivity index is 4.81. The Hall–Kier alpha value is 0.287. The molecule has 0 aromatic heterocycles. The third-order valence-corrected chi connectivity index (χ3v) is 10.3. The second-order valence-electron chi connectivity index (χ2n) is 8.10. The Kier molecular flexibility index (Phi) is 7.13. The first kappa shape index (κ1) is 20.3. The van der Waals surface area contributed by atoms with Crippen LogP contribution in [0.25, 0.3) is 0 Å². The maximum absolute atomic E-state index is 12.3. The first-order valence-electron chi connectivity index (χ1n) is 7.58. The van der Waals surface area contributed by atoms with Crippen LogP contribution in [0.2, 0.25) is 18.1 Å². The van der Waals surface area contributed by atoms with Crippen molar-refractivity contribution in [2.45, 2.75) is 96.8 Å². The van der Waals surface area contributed by atoms with E-state index in [0.717, 1.165) is 6.42 Å². The lowest BCUT2D eigenvalue weighted by Gasteiger charge is -2.40. The summed E-state index contributed by atoms with van der Waals surface area (Å²) in [5.74, 6) is 0. The van der Waals surface area contributed by atoms with Gasteiger partial charge in [0.25, 0.3) is 0 Å². The van der Waals surface area contributed by atoms with Gasteiger partial charge >= 0.3 is 0 Å². The molecule has 5 heteroatoms. The van der Waals surface area contributed by atoms with E-state index in [4.69, 9.17) is 4.43 Å². The monoisotopic (exact) mass is 321 g/mol. The van der Waals surface area contributed by atoms with E-state index in [-0.39, 0.29) is 21.9 Å². The van der Waals surface area contributed by atoms with Gasteiger partial charge in [0.2, 0.25) is 0 Å². The molecule has 0 aliphatic carbocycles. The second kappa shape index (κ2) is 7.03. The van der Waals surface area contributed by atoms with Crippen LogP contribution in [0.3, 0.4) is 0 Å². The Morgan fingerprint density at radius 3 is 1.90 bits per heavy atom. The first-order valence-corrected chi connectivity index (χ1v) is 11.6. The van der Waals surface area contributed by atoms with E-state index >= 15 is 0 Å². The van der Waals surface area contributed by atoms with Gasteiger partial charge in [0.1, 0.15) is 0 Å². The molecule has 0 aliphatic heterocycles. The molecule has 3 atom stereocenters. The van der Waals surface area contributed by atoms with Crippen LogP contribution >= 0.6 is 0 Å². The summed E-state index contributed by atoms with van der Waals surface area (Å²) < 4.78 is 21.7. The van der Waals surface area contributed by atoms with Gasteiger partial charge in [0, 0.05) is 6.04 Å². The van der Waals surface area contributed by atoms with E-state index in [9.17, 15) is 4.21 Å². The van der Waals surface area contributed by atoms with Gasteiger partial charge in [-0.25, -0.2) is 8.93 Å². The molecule has 0 heterocycles. The van der Waals surface area contributed by atoms with Crippen LogP contribution in [0, 0.1) is 0 Å². The van der Waals surface area contributed by atoms with Crippen molar-refractivity contribution in [3.8, 4) is 0 Å². The van der Waals surface area contributed by atoms with Crippen LogP contribution in [-0.2, 0) is 15.4 Å². The average molecular weight is 322 g/mol. The van der Waals surface area contributed by atoms with Crippen LogP contribution in [-0.4, -0.2) is 29.4 Å². The largest absolute Gasteiger partial charge is 0.413 e. The Morgan fingerprint density at radius 1 is 1.15 bits per heavy atom. The molecule has 20 heavy (non-hydrogen) atoms. The predicted molar refractivity (Wildman–Crippen MR) is 92.9 cm³/mol. The van der Waals surface area contributed by atoms with Gasteiger partial charge in [0.05, 0.1) is 21.8 Å². The van der Waals surface area contributed by atoms with E-state index in [1.165, 1.54) is 0 Å². The van der Waals surface area contributed by atoms with Gasteiger partial charge in [-0.05, 0) is 52.2 Å². The van der Waals surface area contributed by atoms with Crippen LogP contribution in [0.5, 0.6) is 0 Å². The summed E-state index contributed by atoms with van der Waals surface area (Å²) in [5, 5.41) is 0.197. The third-order valence-electron chi connectivity index (χ3n) is 4.11. The van der Waals surface area contributed by atoms with Gasteiger partial charge in [-0.2, -0.15) is 0 Å². The lowest BCUT2D eigenvalue weighted by Crippen LogP contribution is -2.51. The van der Waals surface area contributed by atoms with E-state index in [1.54, 1.807) is 0 Å². The van der Waals surface area contributed by atoms with Crippen LogP contribution in [0.1, 0.15) is 61.8 Å². The van der Waals surface area contributed by atoms with Crippen LogP contribution < -0.4 is 4.72 Å². The third kappa shape index (κ3) is 5.96. The van der Waals surface area contributed by atoms with Crippen LogP contribution in [0.15, 0.2) is 0 Å². The summed E-state index contributed by atoms with van der Waals surface area (Å²) in [7, 11) is -2.83. The summed E-state index contributed by atoms with van der Waals surface area (Å²) in [4.78, 5) is 0. The predicted octanol–water partition coefficient (Wildman–Crippen LogP) is 4.23. The SMILES string of the molecule is CC[C@H](N[S@](=O)C(C)(C)C)[C@H](C)O[Si](C)(C)C(C)(C)C. The molecule has 0 saturated heterocycles. The smallest absolute Gasteiger partial charge is 0.192 e. The molecule has 0 bridgehead atoms. The molecule has 0 rings (SSSR count). The molecule has 0 aromatic carbocycles. The fourth-order valence-electron chi connectivity index (χ4n) is 1.55. The topological polar surface area (TPSA) is 38.3 Å². The van der Waals surface area contributed by atoms with Crippen molar-refractivity contribution in [2.75, 3.05) is 0 Å². The molecule has 0 spiro atoms. The van der Waals surface area contributed by atoms with Crippen molar-refractivity contribution in [3.05, 3.63) is 0 Å². The van der Waals surface area contributed by atoms with Crippen molar-refractivity contribution >= 4 is 19.3 Å².